The molecule has 2 rings (SSSR count). The van der Waals surface area contributed by atoms with Gasteiger partial charge in [0.15, 0.2) is 0 Å². The fourth-order valence-corrected chi connectivity index (χ4v) is 3.53. The molecule has 0 aliphatic carbocycles. The zero-order valence-electron chi connectivity index (χ0n) is 10.3. The minimum atomic E-state index is -2.97. The third kappa shape index (κ3) is 3.74. The molecule has 2 atom stereocenters. The summed E-state index contributed by atoms with van der Waals surface area (Å²) in [5, 5.41) is 2.86. The summed E-state index contributed by atoms with van der Waals surface area (Å²) in [5.41, 5.74) is 6.73. The molecule has 1 aromatic heterocycles. The molecule has 1 aliphatic heterocycles. The van der Waals surface area contributed by atoms with Crippen molar-refractivity contribution in [1.29, 1.82) is 0 Å². The van der Waals surface area contributed by atoms with Gasteiger partial charge in [0.05, 0.1) is 11.4 Å². The summed E-state index contributed by atoms with van der Waals surface area (Å²) in [6, 6.07) is -0.314. The molecule has 2 N–H and O–H groups in total. The maximum Gasteiger partial charge on any atom is 0.147 e. The van der Waals surface area contributed by atoms with Gasteiger partial charge in [0.2, 0.25) is 0 Å². The van der Waals surface area contributed by atoms with E-state index in [9.17, 15) is 8.42 Å². The summed E-state index contributed by atoms with van der Waals surface area (Å²) in [7, 11) is -2.97. The third-order valence-corrected chi connectivity index (χ3v) is 4.86. The zero-order chi connectivity index (χ0) is 13.2. The Morgan fingerprint density at radius 2 is 2.44 bits per heavy atom. The van der Waals surface area contributed by atoms with Crippen LogP contribution in [0.2, 0.25) is 0 Å². The molecule has 0 aromatic carbocycles. The maximum atomic E-state index is 11.1. The number of ether oxygens (including phenoxy) is 1. The van der Waals surface area contributed by atoms with Gasteiger partial charge in [-0.25, -0.2) is 13.4 Å². The average Bonchev–Trinajstić information content (AvgIpc) is 2.94. The van der Waals surface area contributed by atoms with Gasteiger partial charge in [-0.3, -0.25) is 0 Å². The van der Waals surface area contributed by atoms with Gasteiger partial charge in [-0.05, 0) is 19.3 Å². The van der Waals surface area contributed by atoms with E-state index in [0.29, 0.717) is 6.42 Å². The third-order valence-electron chi connectivity index (χ3n) is 2.92. The van der Waals surface area contributed by atoms with Gasteiger partial charge in [-0.2, -0.15) is 0 Å². The lowest BCUT2D eigenvalue weighted by atomic mass is 10.2. The number of aromatic nitrogens is 1. The number of rotatable bonds is 5. The highest BCUT2D eigenvalue weighted by Gasteiger charge is 2.22. The summed E-state index contributed by atoms with van der Waals surface area (Å²) in [5.74, 6) is 0.0982. The van der Waals surface area contributed by atoms with Crippen LogP contribution in [0, 0.1) is 0 Å². The Labute approximate surface area is 111 Å². The molecular weight excluding hydrogens is 272 g/mol. The zero-order valence-corrected chi connectivity index (χ0v) is 12.0. The lowest BCUT2D eigenvalue weighted by Crippen LogP contribution is -2.16. The van der Waals surface area contributed by atoms with Crippen LogP contribution in [0.15, 0.2) is 5.38 Å². The smallest absolute Gasteiger partial charge is 0.147 e. The Morgan fingerprint density at radius 1 is 1.67 bits per heavy atom. The van der Waals surface area contributed by atoms with Gasteiger partial charge in [0, 0.05) is 24.3 Å². The number of sulfone groups is 1. The highest BCUT2D eigenvalue weighted by Crippen LogP contribution is 2.31. The lowest BCUT2D eigenvalue weighted by Gasteiger charge is -2.08. The molecule has 2 unspecified atom stereocenters. The quantitative estimate of drug-likeness (QED) is 0.887. The predicted molar refractivity (Wildman–Crippen MR) is 71.3 cm³/mol. The highest BCUT2D eigenvalue weighted by molar-refractivity contribution is 7.90. The molecule has 1 aromatic rings. The van der Waals surface area contributed by atoms with E-state index < -0.39 is 9.84 Å². The van der Waals surface area contributed by atoms with Crippen LogP contribution in [0.1, 0.15) is 42.1 Å². The Kier molecular flexibility index (Phi) is 4.37. The van der Waals surface area contributed by atoms with Crippen molar-refractivity contribution in [3.05, 3.63) is 16.1 Å². The molecule has 18 heavy (non-hydrogen) atoms. The first-order valence-electron chi connectivity index (χ1n) is 5.96. The predicted octanol–water partition coefficient (Wildman–Crippen LogP) is 1.43. The van der Waals surface area contributed by atoms with Crippen molar-refractivity contribution in [2.24, 2.45) is 5.73 Å². The number of hydrogen-bond donors (Lipinski definition) is 1. The molecule has 1 fully saturated rings. The van der Waals surface area contributed by atoms with Gasteiger partial charge in [-0.15, -0.1) is 11.3 Å². The highest BCUT2D eigenvalue weighted by atomic mass is 32.2. The number of thiazole rings is 1. The first-order chi connectivity index (χ1) is 8.46. The van der Waals surface area contributed by atoms with Crippen molar-refractivity contribution >= 4 is 21.2 Å². The number of nitrogens with two attached hydrogens (primary N) is 1. The molecule has 5 nitrogen and oxygen atoms in total. The van der Waals surface area contributed by atoms with Gasteiger partial charge in [0.25, 0.3) is 0 Å². The second-order valence-corrected chi connectivity index (χ2v) is 7.79. The molecule has 0 saturated carbocycles. The van der Waals surface area contributed by atoms with Crippen LogP contribution in [0.25, 0.3) is 0 Å². The van der Waals surface area contributed by atoms with Crippen LogP contribution in [0.3, 0.4) is 0 Å². The number of nitrogens with zero attached hydrogens (tertiary/aromatic N) is 1. The summed E-state index contributed by atoms with van der Waals surface area (Å²) in [4.78, 5) is 4.47. The van der Waals surface area contributed by atoms with Crippen molar-refractivity contribution in [2.45, 2.75) is 31.4 Å². The SMILES string of the molecule is CS(=O)(=O)CCC(N)c1csc(C2CCCO2)n1. The van der Waals surface area contributed by atoms with Gasteiger partial charge in [-0.1, -0.05) is 0 Å². The van der Waals surface area contributed by atoms with Crippen LogP contribution < -0.4 is 5.73 Å². The van der Waals surface area contributed by atoms with Crippen molar-refractivity contribution < 1.29 is 13.2 Å². The van der Waals surface area contributed by atoms with E-state index in [4.69, 9.17) is 10.5 Å². The summed E-state index contributed by atoms with van der Waals surface area (Å²) < 4.78 is 27.7. The second kappa shape index (κ2) is 5.64. The first-order valence-corrected chi connectivity index (χ1v) is 8.90. The summed E-state index contributed by atoms with van der Waals surface area (Å²) in [6.45, 7) is 0.791. The largest absolute Gasteiger partial charge is 0.371 e. The molecule has 0 bridgehead atoms. The molecule has 102 valence electrons. The van der Waals surface area contributed by atoms with Crippen molar-refractivity contribution in [3.63, 3.8) is 0 Å². The molecule has 1 aliphatic rings. The standard InChI is InChI=1S/C11H18N2O3S2/c1-18(14,15)6-4-8(12)9-7-17-11(13-9)10-3-2-5-16-10/h7-8,10H,2-6,12H2,1H3. The van der Waals surface area contributed by atoms with Crippen LogP contribution in [0.4, 0.5) is 0 Å². The Bertz CT molecular complexity index is 492. The normalized spacial score (nSPS) is 22.2. The molecule has 0 radical (unpaired) electrons. The lowest BCUT2D eigenvalue weighted by molar-refractivity contribution is 0.111. The molecule has 1 saturated heterocycles. The first kappa shape index (κ1) is 13.9. The molecule has 7 heteroatoms. The Morgan fingerprint density at radius 3 is 3.06 bits per heavy atom. The van der Waals surface area contributed by atoms with E-state index in [1.54, 1.807) is 11.3 Å². The number of hydrogen-bond acceptors (Lipinski definition) is 6. The monoisotopic (exact) mass is 290 g/mol. The van der Waals surface area contributed by atoms with Gasteiger partial charge < -0.3 is 10.5 Å². The van der Waals surface area contributed by atoms with E-state index in [0.717, 1.165) is 30.2 Å². The van der Waals surface area contributed by atoms with E-state index in [1.807, 2.05) is 5.38 Å². The van der Waals surface area contributed by atoms with E-state index in [1.165, 1.54) is 6.26 Å². The topological polar surface area (TPSA) is 82.3 Å². The summed E-state index contributed by atoms with van der Waals surface area (Å²) in [6.07, 6.45) is 3.81. The van der Waals surface area contributed by atoms with Crippen LogP contribution in [-0.2, 0) is 14.6 Å². The molecule has 0 amide bonds. The van der Waals surface area contributed by atoms with Crippen molar-refractivity contribution in [1.82, 2.24) is 4.98 Å². The van der Waals surface area contributed by atoms with E-state index in [2.05, 4.69) is 4.98 Å². The van der Waals surface area contributed by atoms with Gasteiger partial charge in [0.1, 0.15) is 20.9 Å². The maximum absolute atomic E-state index is 11.1. The molecule has 2 heterocycles. The summed E-state index contributed by atoms with van der Waals surface area (Å²) >= 11 is 1.54. The molecule has 0 spiro atoms. The van der Waals surface area contributed by atoms with Crippen LogP contribution >= 0.6 is 11.3 Å². The minimum Gasteiger partial charge on any atom is -0.371 e. The second-order valence-electron chi connectivity index (χ2n) is 4.64. The Hall–Kier alpha value is -0.500. The Balaban J connectivity index is 1.96. The average molecular weight is 290 g/mol. The fraction of sp³-hybridized carbons (Fsp3) is 0.727. The fourth-order valence-electron chi connectivity index (χ4n) is 1.88. The minimum absolute atomic E-state index is 0.0982. The van der Waals surface area contributed by atoms with Gasteiger partial charge >= 0.3 is 0 Å². The van der Waals surface area contributed by atoms with Crippen LogP contribution in [0.5, 0.6) is 0 Å². The van der Waals surface area contributed by atoms with Crippen molar-refractivity contribution in [3.8, 4) is 0 Å². The van der Waals surface area contributed by atoms with Crippen molar-refractivity contribution in [2.75, 3.05) is 18.6 Å². The van der Waals surface area contributed by atoms with E-state index in [-0.39, 0.29) is 17.9 Å². The molecular formula is C11H18N2O3S2. The van der Waals surface area contributed by atoms with Crippen LogP contribution in [-0.4, -0.2) is 32.0 Å². The van der Waals surface area contributed by atoms with E-state index >= 15 is 0 Å².